The molecule has 9 heteroatoms. The molecular weight excluding hydrogens is 285 g/mol. The van der Waals surface area contributed by atoms with Crippen molar-refractivity contribution in [2.24, 2.45) is 12.8 Å². The summed E-state index contributed by atoms with van der Waals surface area (Å²) in [6, 6.07) is 4.10. The molecular formula is C11H12FN5O2S. The number of thioether (sulfide) groups is 1. The first-order valence-electron chi connectivity index (χ1n) is 5.67. The van der Waals surface area contributed by atoms with Gasteiger partial charge in [-0.3, -0.25) is 10.1 Å². The fourth-order valence-electron chi connectivity index (χ4n) is 1.61. The average molecular weight is 297 g/mol. The lowest BCUT2D eigenvalue weighted by atomic mass is 10.2. The molecule has 0 aliphatic carbocycles. The third-order valence-corrected chi connectivity index (χ3v) is 3.79. The highest BCUT2D eigenvalue weighted by atomic mass is 32.2. The quantitative estimate of drug-likeness (QED) is 0.511. The smallest absolute Gasteiger partial charge is 0.305 e. The molecule has 106 valence electrons. The molecule has 1 aromatic carbocycles. The van der Waals surface area contributed by atoms with E-state index in [0.717, 1.165) is 6.07 Å². The molecule has 0 amide bonds. The van der Waals surface area contributed by atoms with Crippen LogP contribution in [0.2, 0.25) is 0 Å². The molecule has 0 aliphatic rings. The Bertz CT molecular complexity index is 646. The van der Waals surface area contributed by atoms with Gasteiger partial charge >= 0.3 is 5.69 Å². The Balaban J connectivity index is 2.17. The summed E-state index contributed by atoms with van der Waals surface area (Å²) >= 11 is 1.24. The average Bonchev–Trinajstić information content (AvgIpc) is 2.78. The largest absolute Gasteiger partial charge is 0.324 e. The van der Waals surface area contributed by atoms with E-state index in [1.165, 1.54) is 23.9 Å². The molecule has 2 aromatic rings. The number of nitro groups is 1. The number of hydrogen-bond donors (Lipinski definition) is 1. The van der Waals surface area contributed by atoms with Crippen LogP contribution in [-0.4, -0.2) is 19.7 Å². The molecule has 0 unspecified atom stereocenters. The maximum absolute atomic E-state index is 13.9. The summed E-state index contributed by atoms with van der Waals surface area (Å²) in [5, 5.41) is 19.1. The van der Waals surface area contributed by atoms with Crippen molar-refractivity contribution in [3.63, 3.8) is 0 Å². The maximum Gasteiger partial charge on any atom is 0.305 e. The molecule has 0 spiro atoms. The van der Waals surface area contributed by atoms with Gasteiger partial charge in [-0.1, -0.05) is 23.9 Å². The van der Waals surface area contributed by atoms with Crippen LogP contribution in [0.1, 0.15) is 11.4 Å². The molecule has 1 heterocycles. The zero-order chi connectivity index (χ0) is 14.7. The Kier molecular flexibility index (Phi) is 4.30. The number of benzene rings is 1. The third kappa shape index (κ3) is 2.78. The van der Waals surface area contributed by atoms with Crippen LogP contribution in [0.15, 0.2) is 23.4 Å². The van der Waals surface area contributed by atoms with Crippen LogP contribution in [-0.2, 0) is 19.3 Å². The lowest BCUT2D eigenvalue weighted by Crippen LogP contribution is -2.05. The Hall–Kier alpha value is -2.00. The Labute approximate surface area is 118 Å². The molecule has 0 saturated carbocycles. The zero-order valence-electron chi connectivity index (χ0n) is 10.6. The van der Waals surface area contributed by atoms with E-state index in [0.29, 0.717) is 11.0 Å². The summed E-state index contributed by atoms with van der Waals surface area (Å²) in [6.07, 6.45) is 0. The predicted octanol–water partition coefficient (Wildman–Crippen LogP) is 1.61. The summed E-state index contributed by atoms with van der Waals surface area (Å²) in [5.41, 5.74) is 5.21. The first-order chi connectivity index (χ1) is 9.54. The van der Waals surface area contributed by atoms with Crippen LogP contribution >= 0.6 is 11.8 Å². The first kappa shape index (κ1) is 14.4. The molecule has 1 aromatic heterocycles. The summed E-state index contributed by atoms with van der Waals surface area (Å²) in [6.45, 7) is 0.259. The van der Waals surface area contributed by atoms with Gasteiger partial charge in [0.05, 0.1) is 11.5 Å². The van der Waals surface area contributed by atoms with E-state index in [-0.39, 0.29) is 17.9 Å². The minimum atomic E-state index is -0.814. The number of halogens is 1. The third-order valence-electron chi connectivity index (χ3n) is 2.72. The first-order valence-corrected chi connectivity index (χ1v) is 6.66. The number of nitro benzene ring substituents is 1. The van der Waals surface area contributed by atoms with Crippen LogP contribution < -0.4 is 5.73 Å². The van der Waals surface area contributed by atoms with E-state index in [1.54, 1.807) is 11.6 Å². The Morgan fingerprint density at radius 3 is 2.85 bits per heavy atom. The molecule has 2 N–H and O–H groups in total. The Morgan fingerprint density at radius 2 is 2.25 bits per heavy atom. The summed E-state index contributed by atoms with van der Waals surface area (Å²) in [5.74, 6) is 0.0302. The molecule has 2 rings (SSSR count). The lowest BCUT2D eigenvalue weighted by molar-refractivity contribution is -0.387. The minimum absolute atomic E-state index is 0.226. The number of rotatable bonds is 5. The van der Waals surface area contributed by atoms with Gasteiger partial charge in [0.25, 0.3) is 0 Å². The van der Waals surface area contributed by atoms with Gasteiger partial charge in [0.15, 0.2) is 5.16 Å². The molecule has 0 aliphatic heterocycles. The van der Waals surface area contributed by atoms with Crippen LogP contribution in [0.25, 0.3) is 0 Å². The van der Waals surface area contributed by atoms with Crippen LogP contribution in [0.5, 0.6) is 0 Å². The highest BCUT2D eigenvalue weighted by molar-refractivity contribution is 7.98. The monoisotopic (exact) mass is 297 g/mol. The molecule has 0 fully saturated rings. The van der Waals surface area contributed by atoms with Gasteiger partial charge in [-0.25, -0.2) is 0 Å². The summed E-state index contributed by atoms with van der Waals surface area (Å²) in [4.78, 5) is 9.93. The van der Waals surface area contributed by atoms with Crippen molar-refractivity contribution in [3.8, 4) is 0 Å². The van der Waals surface area contributed by atoms with Crippen molar-refractivity contribution < 1.29 is 9.31 Å². The van der Waals surface area contributed by atoms with Gasteiger partial charge in [-0.2, -0.15) is 4.39 Å². The summed E-state index contributed by atoms with van der Waals surface area (Å²) < 4.78 is 15.6. The zero-order valence-corrected chi connectivity index (χ0v) is 11.4. The van der Waals surface area contributed by atoms with E-state index in [2.05, 4.69) is 10.2 Å². The molecule has 0 radical (unpaired) electrons. The fraction of sp³-hybridized carbons (Fsp3) is 0.273. The second-order valence-electron chi connectivity index (χ2n) is 3.96. The standard InChI is InChI=1S/C11H12FN5O2S/c1-16-9(5-13)14-15-11(16)20-6-7-3-2-4-8(10(7)12)17(18)19/h2-4H,5-6,13H2,1H3. The van der Waals surface area contributed by atoms with Gasteiger partial charge in [-0.15, -0.1) is 10.2 Å². The van der Waals surface area contributed by atoms with Gasteiger partial charge in [-0.05, 0) is 0 Å². The minimum Gasteiger partial charge on any atom is -0.324 e. The van der Waals surface area contributed by atoms with Crippen molar-refractivity contribution in [1.82, 2.24) is 14.8 Å². The number of nitrogens with zero attached hydrogens (tertiary/aromatic N) is 4. The second kappa shape index (κ2) is 5.97. The van der Waals surface area contributed by atoms with E-state index >= 15 is 0 Å². The molecule has 20 heavy (non-hydrogen) atoms. The topological polar surface area (TPSA) is 99.9 Å². The molecule has 0 bridgehead atoms. The van der Waals surface area contributed by atoms with E-state index in [9.17, 15) is 14.5 Å². The van der Waals surface area contributed by atoms with Crippen LogP contribution in [0.3, 0.4) is 0 Å². The number of nitrogens with two attached hydrogens (primary N) is 1. The Morgan fingerprint density at radius 1 is 1.50 bits per heavy atom. The van der Waals surface area contributed by atoms with Crippen molar-refractivity contribution in [2.45, 2.75) is 17.5 Å². The highest BCUT2D eigenvalue weighted by Gasteiger charge is 2.18. The molecule has 0 saturated heterocycles. The maximum atomic E-state index is 13.9. The highest BCUT2D eigenvalue weighted by Crippen LogP contribution is 2.26. The molecule has 0 atom stereocenters. The van der Waals surface area contributed by atoms with Crippen molar-refractivity contribution in [3.05, 3.63) is 45.5 Å². The van der Waals surface area contributed by atoms with Crippen molar-refractivity contribution in [1.29, 1.82) is 0 Å². The van der Waals surface area contributed by atoms with Crippen LogP contribution in [0, 0.1) is 15.9 Å². The van der Waals surface area contributed by atoms with E-state index in [1.807, 2.05) is 0 Å². The van der Waals surface area contributed by atoms with E-state index < -0.39 is 16.4 Å². The SMILES string of the molecule is Cn1c(CN)nnc1SCc1cccc([N+](=O)[O-])c1F. The van der Waals surface area contributed by atoms with Crippen LogP contribution in [0.4, 0.5) is 10.1 Å². The van der Waals surface area contributed by atoms with Gasteiger partial charge < -0.3 is 10.3 Å². The van der Waals surface area contributed by atoms with E-state index in [4.69, 9.17) is 5.73 Å². The van der Waals surface area contributed by atoms with Gasteiger partial charge in [0, 0.05) is 24.4 Å². The fourth-order valence-corrected chi connectivity index (χ4v) is 2.51. The number of hydrogen-bond acceptors (Lipinski definition) is 6. The second-order valence-corrected chi connectivity index (χ2v) is 4.90. The number of aromatic nitrogens is 3. The van der Waals surface area contributed by atoms with Crippen molar-refractivity contribution >= 4 is 17.4 Å². The predicted molar refractivity (Wildman–Crippen MR) is 71.5 cm³/mol. The molecule has 7 nitrogen and oxygen atoms in total. The summed E-state index contributed by atoms with van der Waals surface area (Å²) in [7, 11) is 1.76. The lowest BCUT2D eigenvalue weighted by Gasteiger charge is -2.04. The normalized spacial score (nSPS) is 10.8. The van der Waals surface area contributed by atoms with Gasteiger partial charge in [0.2, 0.25) is 5.82 Å². The van der Waals surface area contributed by atoms with Crippen molar-refractivity contribution in [2.75, 3.05) is 0 Å². The van der Waals surface area contributed by atoms with Gasteiger partial charge in [0.1, 0.15) is 5.82 Å².